The van der Waals surface area contributed by atoms with Crippen LogP contribution < -0.4 is 10.5 Å². The number of hydrogen-bond donors (Lipinski definition) is 1. The van der Waals surface area contributed by atoms with Crippen LogP contribution in [0.5, 0.6) is 0 Å². The van der Waals surface area contributed by atoms with E-state index in [4.69, 9.17) is 11.6 Å². The summed E-state index contributed by atoms with van der Waals surface area (Å²) in [6.07, 6.45) is 0. The molecule has 0 unspecified atom stereocenters. The Balaban J connectivity index is 2.02. The lowest BCUT2D eigenvalue weighted by Crippen LogP contribution is -2.37. The molecule has 1 nitrogen and oxygen atoms in total. The molecule has 1 N–H and O–H groups in total. The second-order valence-electron chi connectivity index (χ2n) is 5.93. The Kier molecular flexibility index (Phi) is 4.94. The van der Waals surface area contributed by atoms with Gasteiger partial charge in [0.1, 0.15) is 0 Å². The molecule has 0 saturated carbocycles. The highest BCUT2D eigenvalue weighted by molar-refractivity contribution is 9.10. The summed E-state index contributed by atoms with van der Waals surface area (Å²) in [7, 11) is -1.20. The molecule has 0 aromatic heterocycles. The topological polar surface area (TPSA) is 12.0 Å². The van der Waals surface area contributed by atoms with Gasteiger partial charge in [0.2, 0.25) is 0 Å². The lowest BCUT2D eigenvalue weighted by atomic mass is 10.2. The first-order valence-corrected chi connectivity index (χ1v) is 11.3. The molecule has 0 radical (unpaired) electrons. The van der Waals surface area contributed by atoms with Gasteiger partial charge in [-0.3, -0.25) is 0 Å². The summed E-state index contributed by atoms with van der Waals surface area (Å²) in [5.74, 6) is 0. The van der Waals surface area contributed by atoms with Crippen molar-refractivity contribution >= 4 is 46.5 Å². The van der Waals surface area contributed by atoms with E-state index >= 15 is 0 Å². The van der Waals surface area contributed by atoms with E-state index in [0.29, 0.717) is 0 Å². The SMILES string of the molecule is C[Si](C)(C)c1ccc(CNc2ccc(Br)c(Cl)c2)cc1. The molecule has 2 aromatic carbocycles. The van der Waals surface area contributed by atoms with E-state index in [2.05, 4.69) is 65.2 Å². The maximum absolute atomic E-state index is 6.08. The summed E-state index contributed by atoms with van der Waals surface area (Å²) in [5.41, 5.74) is 2.32. The summed E-state index contributed by atoms with van der Waals surface area (Å²) in [6, 6.07) is 14.9. The van der Waals surface area contributed by atoms with Gasteiger partial charge in [-0.2, -0.15) is 0 Å². The molecular weight excluding hydrogens is 350 g/mol. The van der Waals surface area contributed by atoms with Crippen molar-refractivity contribution in [1.82, 2.24) is 0 Å². The molecule has 2 aromatic rings. The molecule has 0 saturated heterocycles. The largest absolute Gasteiger partial charge is 0.381 e. The van der Waals surface area contributed by atoms with Crippen molar-refractivity contribution in [3.05, 3.63) is 57.5 Å². The first-order valence-electron chi connectivity index (χ1n) is 6.64. The Bertz CT molecular complexity index is 590. The van der Waals surface area contributed by atoms with E-state index in [9.17, 15) is 0 Å². The molecular formula is C16H19BrClNSi. The number of anilines is 1. The lowest BCUT2D eigenvalue weighted by molar-refractivity contribution is 1.15. The molecule has 0 atom stereocenters. The van der Waals surface area contributed by atoms with Crippen LogP contribution in [0.2, 0.25) is 24.7 Å². The lowest BCUT2D eigenvalue weighted by Gasteiger charge is -2.17. The zero-order chi connectivity index (χ0) is 14.8. The fraction of sp³-hybridized carbons (Fsp3) is 0.250. The Hall–Kier alpha value is -0.773. The third-order valence-electron chi connectivity index (χ3n) is 3.24. The summed E-state index contributed by atoms with van der Waals surface area (Å²) in [5, 5.41) is 5.61. The molecule has 4 heteroatoms. The molecule has 0 heterocycles. The minimum absolute atomic E-state index is 0.726. The van der Waals surface area contributed by atoms with Crippen LogP contribution in [0.15, 0.2) is 46.9 Å². The maximum atomic E-state index is 6.08. The van der Waals surface area contributed by atoms with Crippen molar-refractivity contribution in [3.8, 4) is 0 Å². The van der Waals surface area contributed by atoms with Crippen molar-refractivity contribution in [2.75, 3.05) is 5.32 Å². The Labute approximate surface area is 135 Å². The van der Waals surface area contributed by atoms with Gasteiger partial charge in [0, 0.05) is 16.7 Å². The average molecular weight is 369 g/mol. The highest BCUT2D eigenvalue weighted by atomic mass is 79.9. The normalized spacial score (nSPS) is 11.4. The predicted octanol–water partition coefficient (Wildman–Crippen LogP) is 5.26. The summed E-state index contributed by atoms with van der Waals surface area (Å²) >= 11 is 9.48. The van der Waals surface area contributed by atoms with Gasteiger partial charge in [0.25, 0.3) is 0 Å². The molecule has 0 spiro atoms. The van der Waals surface area contributed by atoms with Crippen molar-refractivity contribution < 1.29 is 0 Å². The van der Waals surface area contributed by atoms with Crippen LogP contribution in [-0.4, -0.2) is 8.07 Å². The molecule has 20 heavy (non-hydrogen) atoms. The number of halogens is 2. The molecule has 2 rings (SSSR count). The minimum atomic E-state index is -1.20. The molecule has 0 aliphatic carbocycles. The van der Waals surface area contributed by atoms with Crippen molar-refractivity contribution in [1.29, 1.82) is 0 Å². The van der Waals surface area contributed by atoms with Crippen LogP contribution in [0.1, 0.15) is 5.56 Å². The molecule has 0 aliphatic rings. The van der Waals surface area contributed by atoms with Gasteiger partial charge in [-0.05, 0) is 39.7 Å². The quantitative estimate of drug-likeness (QED) is 0.726. The highest BCUT2D eigenvalue weighted by Gasteiger charge is 2.15. The second kappa shape index (κ2) is 6.33. The fourth-order valence-electron chi connectivity index (χ4n) is 1.93. The van der Waals surface area contributed by atoms with Gasteiger partial charge >= 0.3 is 0 Å². The van der Waals surface area contributed by atoms with E-state index < -0.39 is 8.07 Å². The third-order valence-corrected chi connectivity index (χ3v) is 6.53. The van der Waals surface area contributed by atoms with Crippen LogP contribution in [0.3, 0.4) is 0 Å². The standard InChI is InChI=1S/C16H19BrClNSi/c1-20(2,3)14-7-4-12(5-8-14)11-19-13-6-9-15(17)16(18)10-13/h4-10,19H,11H2,1-3H3. The zero-order valence-corrected chi connectivity index (χ0v) is 15.3. The molecule has 0 bridgehead atoms. The van der Waals surface area contributed by atoms with Gasteiger partial charge < -0.3 is 5.32 Å². The van der Waals surface area contributed by atoms with E-state index in [-0.39, 0.29) is 0 Å². The average Bonchev–Trinajstić information content (AvgIpc) is 2.40. The zero-order valence-electron chi connectivity index (χ0n) is 12.0. The van der Waals surface area contributed by atoms with E-state index in [1.165, 1.54) is 10.8 Å². The second-order valence-corrected chi connectivity index (χ2v) is 12.3. The van der Waals surface area contributed by atoms with E-state index in [1.807, 2.05) is 18.2 Å². The van der Waals surface area contributed by atoms with E-state index in [1.54, 1.807) is 0 Å². The van der Waals surface area contributed by atoms with Gasteiger partial charge in [0.05, 0.1) is 13.1 Å². The fourth-order valence-corrected chi connectivity index (χ4v) is 3.53. The first kappa shape index (κ1) is 15.6. The van der Waals surface area contributed by atoms with Crippen LogP contribution >= 0.6 is 27.5 Å². The third kappa shape index (κ3) is 4.11. The van der Waals surface area contributed by atoms with Crippen molar-refractivity contribution in [2.24, 2.45) is 0 Å². The Morgan fingerprint density at radius 1 is 1.05 bits per heavy atom. The van der Waals surface area contributed by atoms with Crippen LogP contribution in [0.25, 0.3) is 0 Å². The molecule has 0 fully saturated rings. The molecule has 0 aliphatic heterocycles. The monoisotopic (exact) mass is 367 g/mol. The number of rotatable bonds is 4. The maximum Gasteiger partial charge on any atom is 0.0775 e. The van der Waals surface area contributed by atoms with Crippen molar-refractivity contribution in [2.45, 2.75) is 26.2 Å². The Morgan fingerprint density at radius 2 is 1.70 bits per heavy atom. The minimum Gasteiger partial charge on any atom is -0.381 e. The number of benzene rings is 2. The summed E-state index contributed by atoms with van der Waals surface area (Å²) < 4.78 is 0.921. The predicted molar refractivity (Wildman–Crippen MR) is 95.9 cm³/mol. The van der Waals surface area contributed by atoms with Crippen LogP contribution in [0.4, 0.5) is 5.69 Å². The number of nitrogens with one attached hydrogen (secondary N) is 1. The van der Waals surface area contributed by atoms with Gasteiger partial charge in [-0.1, -0.05) is 60.7 Å². The Morgan fingerprint density at radius 3 is 2.25 bits per heavy atom. The van der Waals surface area contributed by atoms with Crippen LogP contribution in [0, 0.1) is 0 Å². The molecule has 106 valence electrons. The number of hydrogen-bond acceptors (Lipinski definition) is 1. The van der Waals surface area contributed by atoms with Crippen molar-refractivity contribution in [3.63, 3.8) is 0 Å². The smallest absolute Gasteiger partial charge is 0.0775 e. The van der Waals surface area contributed by atoms with Gasteiger partial charge in [-0.25, -0.2) is 0 Å². The van der Waals surface area contributed by atoms with Gasteiger partial charge in [-0.15, -0.1) is 0 Å². The van der Waals surface area contributed by atoms with E-state index in [0.717, 1.165) is 21.7 Å². The first-order chi connectivity index (χ1) is 9.36. The van der Waals surface area contributed by atoms with Gasteiger partial charge in [0.15, 0.2) is 0 Å². The van der Waals surface area contributed by atoms with Crippen LogP contribution in [-0.2, 0) is 6.54 Å². The molecule has 0 amide bonds. The summed E-state index contributed by atoms with van der Waals surface area (Å²) in [6.45, 7) is 7.90. The summed E-state index contributed by atoms with van der Waals surface area (Å²) in [4.78, 5) is 0. The highest BCUT2D eigenvalue weighted by Crippen LogP contribution is 2.25.